The molecule has 0 spiro atoms. The normalized spacial score (nSPS) is 18.0. The lowest BCUT2D eigenvalue weighted by Crippen LogP contribution is -2.36. The first-order valence-corrected chi connectivity index (χ1v) is 6.92. The van der Waals surface area contributed by atoms with E-state index in [4.69, 9.17) is 0 Å². The molecule has 1 saturated heterocycles. The predicted molar refractivity (Wildman–Crippen MR) is 77.4 cm³/mol. The average molecular weight is 259 g/mol. The van der Waals surface area contributed by atoms with Gasteiger partial charge in [-0.15, -0.1) is 0 Å². The van der Waals surface area contributed by atoms with Gasteiger partial charge in [-0.1, -0.05) is 0 Å². The lowest BCUT2D eigenvalue weighted by Gasteiger charge is -2.32. The van der Waals surface area contributed by atoms with Gasteiger partial charge in [0.2, 0.25) is 0 Å². The largest absolute Gasteiger partial charge is 0.359 e. The number of piperidine rings is 1. The molecule has 0 saturated carbocycles. The van der Waals surface area contributed by atoms with Gasteiger partial charge in [-0.3, -0.25) is 0 Å². The molecule has 1 aliphatic rings. The van der Waals surface area contributed by atoms with Gasteiger partial charge in [-0.05, 0) is 45.0 Å². The number of aromatic amines is 1. The minimum absolute atomic E-state index is 0.769. The van der Waals surface area contributed by atoms with Crippen molar-refractivity contribution in [2.24, 2.45) is 5.92 Å². The monoisotopic (exact) mass is 259 g/mol. The summed E-state index contributed by atoms with van der Waals surface area (Å²) >= 11 is 0. The summed E-state index contributed by atoms with van der Waals surface area (Å²) in [6, 6.07) is 2.05. The molecule has 0 unspecified atom stereocenters. The molecule has 0 amide bonds. The van der Waals surface area contributed by atoms with E-state index in [1.165, 1.54) is 25.9 Å². The molecule has 102 valence electrons. The molecular formula is C14H21N5. The van der Waals surface area contributed by atoms with Gasteiger partial charge in [0.1, 0.15) is 17.8 Å². The van der Waals surface area contributed by atoms with Crippen LogP contribution in [0.3, 0.4) is 0 Å². The van der Waals surface area contributed by atoms with Crippen LogP contribution in [0.2, 0.25) is 0 Å². The molecule has 3 heterocycles. The van der Waals surface area contributed by atoms with Crippen molar-refractivity contribution in [3.05, 3.63) is 18.6 Å². The van der Waals surface area contributed by atoms with E-state index in [2.05, 4.69) is 44.9 Å². The number of aromatic nitrogens is 3. The molecule has 3 rings (SSSR count). The van der Waals surface area contributed by atoms with Crippen LogP contribution in [-0.4, -0.2) is 53.6 Å². The second-order valence-corrected chi connectivity index (χ2v) is 5.56. The van der Waals surface area contributed by atoms with E-state index in [1.807, 2.05) is 6.20 Å². The Labute approximate surface area is 113 Å². The number of likely N-dealkylation sites (tertiary alicyclic amines) is 1. The number of H-pyrrole nitrogens is 1. The van der Waals surface area contributed by atoms with E-state index < -0.39 is 0 Å². The zero-order valence-corrected chi connectivity index (χ0v) is 11.6. The highest BCUT2D eigenvalue weighted by atomic mass is 15.2. The molecule has 0 bridgehead atoms. The van der Waals surface area contributed by atoms with Crippen molar-refractivity contribution in [2.45, 2.75) is 12.8 Å². The number of hydrogen-bond acceptors (Lipinski definition) is 4. The Morgan fingerprint density at radius 3 is 2.95 bits per heavy atom. The summed E-state index contributed by atoms with van der Waals surface area (Å²) in [5.74, 6) is 1.80. The van der Waals surface area contributed by atoms with Gasteiger partial charge in [-0.25, -0.2) is 9.97 Å². The summed E-state index contributed by atoms with van der Waals surface area (Å²) in [6.07, 6.45) is 6.12. The lowest BCUT2D eigenvalue weighted by molar-refractivity contribution is 0.222. The van der Waals surface area contributed by atoms with Gasteiger partial charge in [0, 0.05) is 19.8 Å². The first-order chi connectivity index (χ1) is 9.24. The first-order valence-electron chi connectivity index (χ1n) is 6.92. The molecule has 0 aromatic carbocycles. The van der Waals surface area contributed by atoms with Crippen molar-refractivity contribution in [3.8, 4) is 0 Å². The SMILES string of the molecule is CN1CCC(CN(C)c2ncnc3[nH]ccc23)CC1. The summed E-state index contributed by atoms with van der Waals surface area (Å²) in [5, 5.41) is 1.11. The van der Waals surface area contributed by atoms with Crippen molar-refractivity contribution in [3.63, 3.8) is 0 Å². The number of anilines is 1. The fourth-order valence-electron chi connectivity index (χ4n) is 2.88. The smallest absolute Gasteiger partial charge is 0.142 e. The summed E-state index contributed by atoms with van der Waals surface area (Å²) in [6.45, 7) is 3.49. The molecule has 0 atom stereocenters. The topological polar surface area (TPSA) is 48.1 Å². The number of nitrogens with zero attached hydrogens (tertiary/aromatic N) is 4. The highest BCUT2D eigenvalue weighted by Gasteiger charge is 2.19. The number of rotatable bonds is 3. The highest BCUT2D eigenvalue weighted by Crippen LogP contribution is 2.24. The molecular weight excluding hydrogens is 238 g/mol. The predicted octanol–water partition coefficient (Wildman–Crippen LogP) is 1.74. The zero-order chi connectivity index (χ0) is 13.2. The second-order valence-electron chi connectivity index (χ2n) is 5.56. The maximum absolute atomic E-state index is 4.44. The molecule has 19 heavy (non-hydrogen) atoms. The van der Waals surface area contributed by atoms with Crippen molar-refractivity contribution < 1.29 is 0 Å². The highest BCUT2D eigenvalue weighted by molar-refractivity contribution is 5.87. The molecule has 1 N–H and O–H groups in total. The third-order valence-corrected chi connectivity index (χ3v) is 4.06. The van der Waals surface area contributed by atoms with Gasteiger partial charge in [0.05, 0.1) is 5.39 Å². The van der Waals surface area contributed by atoms with Crippen LogP contribution in [0, 0.1) is 5.92 Å². The van der Waals surface area contributed by atoms with E-state index in [9.17, 15) is 0 Å². The molecule has 1 fully saturated rings. The maximum atomic E-state index is 4.44. The summed E-state index contributed by atoms with van der Waals surface area (Å²) < 4.78 is 0. The Balaban J connectivity index is 1.73. The quantitative estimate of drug-likeness (QED) is 0.912. The number of fused-ring (bicyclic) bond motifs is 1. The Hall–Kier alpha value is -1.62. The van der Waals surface area contributed by atoms with Gasteiger partial charge in [-0.2, -0.15) is 0 Å². The number of nitrogens with one attached hydrogen (secondary N) is 1. The molecule has 1 aliphatic heterocycles. The van der Waals surface area contributed by atoms with Crippen LogP contribution in [-0.2, 0) is 0 Å². The molecule has 0 aliphatic carbocycles. The van der Waals surface area contributed by atoms with Crippen LogP contribution in [0.4, 0.5) is 5.82 Å². The Bertz CT molecular complexity index is 542. The van der Waals surface area contributed by atoms with Gasteiger partial charge in [0.25, 0.3) is 0 Å². The van der Waals surface area contributed by atoms with Crippen molar-refractivity contribution in [1.82, 2.24) is 19.9 Å². The zero-order valence-electron chi connectivity index (χ0n) is 11.6. The van der Waals surface area contributed by atoms with Crippen LogP contribution >= 0.6 is 0 Å². The van der Waals surface area contributed by atoms with Gasteiger partial charge < -0.3 is 14.8 Å². The Morgan fingerprint density at radius 2 is 2.16 bits per heavy atom. The minimum atomic E-state index is 0.769. The van der Waals surface area contributed by atoms with Crippen molar-refractivity contribution in [2.75, 3.05) is 38.6 Å². The van der Waals surface area contributed by atoms with Gasteiger partial charge >= 0.3 is 0 Å². The standard InChI is InChI=1S/C14H21N5/c1-18-7-4-11(5-8-18)9-19(2)14-12-3-6-15-13(12)16-10-17-14/h3,6,10-11H,4-5,7-9H2,1-2H3,(H,15,16,17). The van der Waals surface area contributed by atoms with Crippen LogP contribution in [0.5, 0.6) is 0 Å². The average Bonchev–Trinajstić information content (AvgIpc) is 2.89. The first kappa shape index (κ1) is 12.4. The maximum Gasteiger partial charge on any atom is 0.142 e. The minimum Gasteiger partial charge on any atom is -0.359 e. The van der Waals surface area contributed by atoms with E-state index in [1.54, 1.807) is 6.33 Å². The molecule has 2 aromatic rings. The Morgan fingerprint density at radius 1 is 1.37 bits per heavy atom. The van der Waals surface area contributed by atoms with E-state index >= 15 is 0 Å². The fourth-order valence-corrected chi connectivity index (χ4v) is 2.88. The summed E-state index contributed by atoms with van der Waals surface area (Å²) in [4.78, 5) is 16.5. The second kappa shape index (κ2) is 5.17. The van der Waals surface area contributed by atoms with Gasteiger partial charge in [0.15, 0.2) is 0 Å². The van der Waals surface area contributed by atoms with Crippen LogP contribution in [0.25, 0.3) is 11.0 Å². The molecule has 5 nitrogen and oxygen atoms in total. The van der Waals surface area contributed by atoms with Crippen molar-refractivity contribution in [1.29, 1.82) is 0 Å². The fraction of sp³-hybridized carbons (Fsp3) is 0.571. The van der Waals surface area contributed by atoms with Crippen LogP contribution in [0.1, 0.15) is 12.8 Å². The Kier molecular flexibility index (Phi) is 3.38. The molecule has 0 radical (unpaired) electrons. The van der Waals surface area contributed by atoms with E-state index in [0.29, 0.717) is 0 Å². The lowest BCUT2D eigenvalue weighted by atomic mass is 9.96. The number of hydrogen-bond donors (Lipinski definition) is 1. The van der Waals surface area contributed by atoms with E-state index in [-0.39, 0.29) is 0 Å². The summed E-state index contributed by atoms with van der Waals surface area (Å²) in [7, 11) is 4.33. The molecule has 2 aromatic heterocycles. The molecule has 5 heteroatoms. The third kappa shape index (κ3) is 2.56. The summed E-state index contributed by atoms with van der Waals surface area (Å²) in [5.41, 5.74) is 0.917. The van der Waals surface area contributed by atoms with Crippen LogP contribution in [0.15, 0.2) is 18.6 Å². The van der Waals surface area contributed by atoms with E-state index in [0.717, 1.165) is 29.3 Å². The van der Waals surface area contributed by atoms with Crippen molar-refractivity contribution >= 4 is 16.9 Å². The third-order valence-electron chi connectivity index (χ3n) is 4.06. The van der Waals surface area contributed by atoms with Crippen LogP contribution < -0.4 is 4.90 Å².